The molecule has 1 aliphatic heterocycles. The number of hydrogen-bond donors (Lipinski definition) is 1. The molecule has 1 aromatic rings. The molecule has 6 nitrogen and oxygen atoms in total. The van der Waals surface area contributed by atoms with Crippen LogP contribution in [0.2, 0.25) is 0 Å². The fourth-order valence-corrected chi connectivity index (χ4v) is 3.53. The van der Waals surface area contributed by atoms with Gasteiger partial charge in [0.05, 0.1) is 12.9 Å². The van der Waals surface area contributed by atoms with Crippen LogP contribution in [0.4, 0.5) is 0 Å². The summed E-state index contributed by atoms with van der Waals surface area (Å²) in [5, 5.41) is 3.47. The van der Waals surface area contributed by atoms with Crippen LogP contribution in [-0.4, -0.2) is 76.3 Å². The first kappa shape index (κ1) is 24.2. The number of rotatable bonds is 10. The molecule has 0 unspecified atom stereocenters. The summed E-state index contributed by atoms with van der Waals surface area (Å²) >= 11 is 0. The van der Waals surface area contributed by atoms with E-state index in [1.54, 1.807) is 13.4 Å². The monoisotopic (exact) mass is 492 g/mol. The average Bonchev–Trinajstić information content (AvgIpc) is 3.18. The predicted molar refractivity (Wildman–Crippen MR) is 122 cm³/mol. The van der Waals surface area contributed by atoms with Crippen molar-refractivity contribution in [2.75, 3.05) is 60.5 Å². The van der Waals surface area contributed by atoms with Gasteiger partial charge >= 0.3 is 0 Å². The molecule has 7 heteroatoms. The molecule has 1 aromatic heterocycles. The molecule has 0 aromatic carbocycles. The number of ether oxygens (including phenoxy) is 1. The van der Waals surface area contributed by atoms with Gasteiger partial charge in [-0.05, 0) is 57.3 Å². The molecule has 1 saturated heterocycles. The second kappa shape index (κ2) is 14.2. The summed E-state index contributed by atoms with van der Waals surface area (Å²) < 4.78 is 10.5. The minimum Gasteiger partial charge on any atom is -0.469 e. The first-order chi connectivity index (χ1) is 12.7. The van der Waals surface area contributed by atoms with Crippen LogP contribution in [0.1, 0.15) is 31.4 Å². The molecule has 1 aliphatic rings. The molecule has 0 amide bonds. The first-order valence-electron chi connectivity index (χ1n) is 9.88. The normalized spacial score (nSPS) is 15.9. The maximum Gasteiger partial charge on any atom is 0.193 e. The summed E-state index contributed by atoms with van der Waals surface area (Å²) in [6, 6.07) is 3.95. The maximum atomic E-state index is 5.38. The average molecular weight is 492 g/mol. The van der Waals surface area contributed by atoms with Crippen molar-refractivity contribution in [2.45, 2.75) is 32.1 Å². The Hall–Kier alpha value is -0.800. The number of aliphatic imine (C=N–C) groups is 1. The molecule has 2 heterocycles. The van der Waals surface area contributed by atoms with Crippen LogP contribution in [0.15, 0.2) is 27.8 Å². The minimum atomic E-state index is 0. The Balaban J connectivity index is 0.00000364. The number of hydrogen-bond acceptors (Lipinski definition) is 4. The van der Waals surface area contributed by atoms with Gasteiger partial charge in [0.2, 0.25) is 0 Å². The van der Waals surface area contributed by atoms with Gasteiger partial charge in [0.1, 0.15) is 5.76 Å². The zero-order chi connectivity index (χ0) is 18.6. The van der Waals surface area contributed by atoms with E-state index in [4.69, 9.17) is 9.15 Å². The summed E-state index contributed by atoms with van der Waals surface area (Å²) in [4.78, 5) is 9.21. The van der Waals surface area contributed by atoms with Gasteiger partial charge in [0.25, 0.3) is 0 Å². The Labute approximate surface area is 181 Å². The van der Waals surface area contributed by atoms with Crippen molar-refractivity contribution in [3.05, 3.63) is 24.2 Å². The predicted octanol–water partition coefficient (Wildman–Crippen LogP) is 3.09. The molecule has 0 aliphatic carbocycles. The van der Waals surface area contributed by atoms with Crippen LogP contribution in [0, 0.1) is 5.92 Å². The largest absolute Gasteiger partial charge is 0.469 e. The van der Waals surface area contributed by atoms with Crippen molar-refractivity contribution < 1.29 is 9.15 Å². The third-order valence-electron chi connectivity index (χ3n) is 5.19. The van der Waals surface area contributed by atoms with Gasteiger partial charge in [-0.1, -0.05) is 0 Å². The lowest BCUT2D eigenvalue weighted by Gasteiger charge is -2.34. The van der Waals surface area contributed by atoms with Crippen LogP contribution in [0.3, 0.4) is 0 Å². The lowest BCUT2D eigenvalue weighted by atomic mass is 9.92. The molecule has 0 spiro atoms. The highest BCUT2D eigenvalue weighted by molar-refractivity contribution is 14.0. The number of nitrogens with one attached hydrogen (secondary N) is 1. The van der Waals surface area contributed by atoms with Gasteiger partial charge in [-0.25, -0.2) is 0 Å². The molecule has 1 N–H and O–H groups in total. The molecular weight excluding hydrogens is 455 g/mol. The molecule has 1 fully saturated rings. The second-order valence-electron chi connectivity index (χ2n) is 7.17. The maximum absolute atomic E-state index is 5.38. The molecule has 156 valence electrons. The number of furan rings is 1. The van der Waals surface area contributed by atoms with E-state index >= 15 is 0 Å². The molecule has 27 heavy (non-hydrogen) atoms. The van der Waals surface area contributed by atoms with Crippen molar-refractivity contribution in [3.63, 3.8) is 0 Å². The number of methoxy groups -OCH3 is 1. The molecule has 0 radical (unpaired) electrons. The molecule has 0 bridgehead atoms. The SMILES string of the molecule is CN=C(NCCc1ccco1)N1CCC(CCCN(C)CCOC)CC1.I. The Kier molecular flexibility index (Phi) is 12.8. The van der Waals surface area contributed by atoms with Crippen LogP contribution in [-0.2, 0) is 11.2 Å². The Bertz CT molecular complexity index is 502. The van der Waals surface area contributed by atoms with E-state index in [0.29, 0.717) is 0 Å². The molecule has 0 saturated carbocycles. The van der Waals surface area contributed by atoms with E-state index in [1.165, 1.54) is 32.2 Å². The van der Waals surface area contributed by atoms with E-state index in [9.17, 15) is 0 Å². The van der Waals surface area contributed by atoms with Crippen molar-refractivity contribution in [2.24, 2.45) is 10.9 Å². The van der Waals surface area contributed by atoms with Gasteiger partial charge < -0.3 is 24.3 Å². The first-order valence-corrected chi connectivity index (χ1v) is 9.88. The number of likely N-dealkylation sites (N-methyl/N-ethyl adjacent to an activating group) is 1. The highest BCUT2D eigenvalue weighted by atomic mass is 127. The van der Waals surface area contributed by atoms with Crippen LogP contribution in [0.25, 0.3) is 0 Å². The second-order valence-corrected chi connectivity index (χ2v) is 7.17. The zero-order valence-corrected chi connectivity index (χ0v) is 19.5. The smallest absolute Gasteiger partial charge is 0.193 e. The van der Waals surface area contributed by atoms with E-state index in [1.807, 2.05) is 19.2 Å². The quantitative estimate of drug-likeness (QED) is 0.309. The highest BCUT2D eigenvalue weighted by Crippen LogP contribution is 2.22. The van der Waals surface area contributed by atoms with Crippen molar-refractivity contribution in [3.8, 4) is 0 Å². The zero-order valence-electron chi connectivity index (χ0n) is 17.2. The Morgan fingerprint density at radius 2 is 2.15 bits per heavy atom. The third kappa shape index (κ3) is 9.30. The van der Waals surface area contributed by atoms with Gasteiger partial charge in [-0.2, -0.15) is 0 Å². The number of guanidine groups is 1. The Morgan fingerprint density at radius 1 is 1.37 bits per heavy atom. The summed E-state index contributed by atoms with van der Waals surface area (Å²) in [6.07, 6.45) is 7.75. The van der Waals surface area contributed by atoms with E-state index < -0.39 is 0 Å². The summed E-state index contributed by atoms with van der Waals surface area (Å²) in [5.41, 5.74) is 0. The number of nitrogens with zero attached hydrogens (tertiary/aromatic N) is 3. The van der Waals surface area contributed by atoms with Crippen molar-refractivity contribution >= 4 is 29.9 Å². The van der Waals surface area contributed by atoms with Gasteiger partial charge in [0.15, 0.2) is 5.96 Å². The summed E-state index contributed by atoms with van der Waals surface area (Å²) in [6.45, 7) is 6.07. The standard InChI is InChI=1S/C20H36N4O2.HI/c1-21-20(22-11-8-19-7-5-16-26-19)24-13-9-18(10-14-24)6-4-12-23(2)15-17-25-3;/h5,7,16,18H,4,6,8-15,17H2,1-3H3,(H,21,22);1H. The highest BCUT2D eigenvalue weighted by Gasteiger charge is 2.21. The molecule has 0 atom stereocenters. The number of halogens is 1. The lowest BCUT2D eigenvalue weighted by Crippen LogP contribution is -2.46. The van der Waals surface area contributed by atoms with E-state index in [2.05, 4.69) is 27.2 Å². The number of piperidine rings is 1. The van der Waals surface area contributed by atoms with Crippen molar-refractivity contribution in [1.82, 2.24) is 15.1 Å². The van der Waals surface area contributed by atoms with Gasteiger partial charge in [-0.3, -0.25) is 4.99 Å². The minimum absolute atomic E-state index is 0. The summed E-state index contributed by atoms with van der Waals surface area (Å²) in [5.74, 6) is 2.89. The third-order valence-corrected chi connectivity index (χ3v) is 5.19. The fraction of sp³-hybridized carbons (Fsp3) is 0.750. The van der Waals surface area contributed by atoms with Crippen LogP contribution < -0.4 is 5.32 Å². The molecule has 2 rings (SSSR count). The summed E-state index contributed by atoms with van der Waals surface area (Å²) in [7, 11) is 5.82. The van der Waals surface area contributed by atoms with Gasteiger partial charge in [-0.15, -0.1) is 24.0 Å². The lowest BCUT2D eigenvalue weighted by molar-refractivity contribution is 0.158. The molecular formula is C20H37IN4O2. The topological polar surface area (TPSA) is 53.2 Å². The van der Waals surface area contributed by atoms with E-state index in [-0.39, 0.29) is 24.0 Å². The Morgan fingerprint density at radius 3 is 2.78 bits per heavy atom. The van der Waals surface area contributed by atoms with Crippen molar-refractivity contribution in [1.29, 1.82) is 0 Å². The van der Waals surface area contributed by atoms with Gasteiger partial charge in [0, 0.05) is 46.8 Å². The fourth-order valence-electron chi connectivity index (χ4n) is 3.53. The van der Waals surface area contributed by atoms with Crippen LogP contribution in [0.5, 0.6) is 0 Å². The van der Waals surface area contributed by atoms with E-state index in [0.717, 1.165) is 56.8 Å². The van der Waals surface area contributed by atoms with Crippen LogP contribution >= 0.6 is 24.0 Å². The number of likely N-dealkylation sites (tertiary alicyclic amines) is 1.